The van der Waals surface area contributed by atoms with E-state index in [-0.39, 0.29) is 5.69 Å². The molecule has 0 aliphatic carbocycles. The molecule has 0 fully saturated rings. The van der Waals surface area contributed by atoms with Gasteiger partial charge in [0, 0.05) is 12.4 Å². The van der Waals surface area contributed by atoms with Gasteiger partial charge in [-0.2, -0.15) is 0 Å². The van der Waals surface area contributed by atoms with E-state index in [0.717, 1.165) is 4.88 Å². The predicted molar refractivity (Wildman–Crippen MR) is 63.3 cm³/mol. The summed E-state index contributed by atoms with van der Waals surface area (Å²) in [6.07, 6.45) is 3.24. The number of carbonyl (C=O) groups is 1. The Balaban J connectivity index is 2.38. The summed E-state index contributed by atoms with van der Waals surface area (Å²) in [7, 11) is 0. The molecule has 0 saturated heterocycles. The molecule has 0 unspecified atom stereocenters. The summed E-state index contributed by atoms with van der Waals surface area (Å²) in [6, 6.07) is 5.39. The molecular weight excluding hydrogens is 238 g/mol. The number of thiophene rings is 1. The number of rotatable bonds is 2. The summed E-state index contributed by atoms with van der Waals surface area (Å²) >= 11 is 1.46. The summed E-state index contributed by atoms with van der Waals surface area (Å²) in [4.78, 5) is 20.4. The van der Waals surface area contributed by atoms with Crippen LogP contribution in [0, 0.1) is 0 Å². The van der Waals surface area contributed by atoms with Crippen molar-refractivity contribution in [1.82, 2.24) is 14.4 Å². The molecule has 0 spiro atoms. The van der Waals surface area contributed by atoms with Crippen molar-refractivity contribution in [1.29, 1.82) is 0 Å². The fourth-order valence-corrected chi connectivity index (χ4v) is 2.39. The maximum atomic E-state index is 11.3. The topological polar surface area (TPSA) is 67.5 Å². The van der Waals surface area contributed by atoms with Gasteiger partial charge in [-0.1, -0.05) is 6.07 Å². The highest BCUT2D eigenvalue weighted by atomic mass is 32.1. The highest BCUT2D eigenvalue weighted by molar-refractivity contribution is 7.13. The van der Waals surface area contributed by atoms with Gasteiger partial charge in [-0.3, -0.25) is 4.40 Å². The lowest BCUT2D eigenvalue weighted by molar-refractivity contribution is 0.0690. The number of fused-ring (bicyclic) bond motifs is 1. The van der Waals surface area contributed by atoms with Gasteiger partial charge in [0.05, 0.1) is 4.88 Å². The zero-order chi connectivity index (χ0) is 11.8. The maximum Gasteiger partial charge on any atom is 0.355 e. The number of imidazole rings is 1. The molecule has 17 heavy (non-hydrogen) atoms. The summed E-state index contributed by atoms with van der Waals surface area (Å²) in [6.45, 7) is 0. The Labute approximate surface area is 100 Å². The van der Waals surface area contributed by atoms with E-state index in [2.05, 4.69) is 9.97 Å². The number of nitrogens with zero attached hydrogens (tertiary/aromatic N) is 3. The molecule has 0 aromatic carbocycles. The van der Waals surface area contributed by atoms with E-state index in [1.807, 2.05) is 17.5 Å². The number of hydrogen-bond acceptors (Lipinski definition) is 4. The second-order valence-corrected chi connectivity index (χ2v) is 4.33. The molecule has 0 radical (unpaired) electrons. The minimum absolute atomic E-state index is 0.149. The van der Waals surface area contributed by atoms with Crippen LogP contribution in [0.15, 0.2) is 36.0 Å². The first-order valence-corrected chi connectivity index (χ1v) is 5.75. The molecule has 0 saturated carbocycles. The highest BCUT2D eigenvalue weighted by Crippen LogP contribution is 2.27. The van der Waals surface area contributed by atoms with Crippen LogP contribution in [0.4, 0.5) is 0 Å². The summed E-state index contributed by atoms with van der Waals surface area (Å²) in [5, 5.41) is 11.2. The minimum atomic E-state index is -1.01. The number of carboxylic acids is 1. The third kappa shape index (κ3) is 1.50. The lowest BCUT2D eigenvalue weighted by Crippen LogP contribution is -2.03. The molecule has 0 amide bonds. The van der Waals surface area contributed by atoms with Gasteiger partial charge >= 0.3 is 5.97 Å². The number of carboxylic acid groups (broad SMARTS) is 1. The van der Waals surface area contributed by atoms with E-state index < -0.39 is 5.97 Å². The van der Waals surface area contributed by atoms with E-state index in [1.54, 1.807) is 18.5 Å². The first-order valence-electron chi connectivity index (χ1n) is 4.87. The molecule has 0 bridgehead atoms. The van der Waals surface area contributed by atoms with Gasteiger partial charge in [-0.05, 0) is 17.5 Å². The molecule has 3 heterocycles. The molecule has 84 valence electrons. The molecule has 5 nitrogen and oxygen atoms in total. The van der Waals surface area contributed by atoms with Gasteiger partial charge in [0.25, 0.3) is 0 Å². The highest BCUT2D eigenvalue weighted by Gasteiger charge is 2.20. The fraction of sp³-hybridized carbons (Fsp3) is 0. The first-order chi connectivity index (χ1) is 8.27. The minimum Gasteiger partial charge on any atom is -0.476 e. The maximum absolute atomic E-state index is 11.3. The van der Waals surface area contributed by atoms with Crippen molar-refractivity contribution in [3.05, 3.63) is 41.7 Å². The van der Waals surface area contributed by atoms with E-state index in [1.165, 1.54) is 15.7 Å². The van der Waals surface area contributed by atoms with Crippen LogP contribution in [0.25, 0.3) is 16.3 Å². The normalized spacial score (nSPS) is 10.8. The number of aromatic nitrogens is 3. The third-order valence-electron chi connectivity index (χ3n) is 2.36. The average molecular weight is 245 g/mol. The van der Waals surface area contributed by atoms with Crippen LogP contribution in [0.3, 0.4) is 0 Å². The second-order valence-electron chi connectivity index (χ2n) is 3.38. The second kappa shape index (κ2) is 3.67. The van der Waals surface area contributed by atoms with Crippen LogP contribution in [0.5, 0.6) is 0 Å². The SMILES string of the molecule is O=C(O)c1c(-c2cccs2)nc2ncccn12. The van der Waals surface area contributed by atoms with Crippen molar-refractivity contribution in [2.24, 2.45) is 0 Å². The van der Waals surface area contributed by atoms with E-state index >= 15 is 0 Å². The van der Waals surface area contributed by atoms with Crippen molar-refractivity contribution in [3.8, 4) is 10.6 Å². The van der Waals surface area contributed by atoms with Crippen LogP contribution in [0.1, 0.15) is 10.5 Å². The Morgan fingerprint density at radius 3 is 3.00 bits per heavy atom. The van der Waals surface area contributed by atoms with Crippen LogP contribution in [-0.2, 0) is 0 Å². The summed E-state index contributed by atoms with van der Waals surface area (Å²) < 4.78 is 1.48. The summed E-state index contributed by atoms with van der Waals surface area (Å²) in [5.41, 5.74) is 0.613. The Kier molecular flexibility index (Phi) is 2.15. The third-order valence-corrected chi connectivity index (χ3v) is 3.24. The van der Waals surface area contributed by atoms with Crippen molar-refractivity contribution < 1.29 is 9.90 Å². The molecule has 0 aliphatic rings. The Morgan fingerprint density at radius 2 is 2.29 bits per heavy atom. The van der Waals surface area contributed by atoms with E-state index in [0.29, 0.717) is 11.5 Å². The average Bonchev–Trinajstić information content (AvgIpc) is 2.95. The van der Waals surface area contributed by atoms with Gasteiger partial charge in [-0.25, -0.2) is 14.8 Å². The Hall–Kier alpha value is -2.21. The lowest BCUT2D eigenvalue weighted by atomic mass is 10.3. The first kappa shape index (κ1) is 9.98. The van der Waals surface area contributed by atoms with E-state index in [4.69, 9.17) is 0 Å². The van der Waals surface area contributed by atoms with Gasteiger partial charge in [0.1, 0.15) is 5.69 Å². The molecular formula is C11H7N3O2S. The monoisotopic (exact) mass is 245 g/mol. The van der Waals surface area contributed by atoms with Crippen molar-refractivity contribution >= 4 is 23.1 Å². The van der Waals surface area contributed by atoms with E-state index in [9.17, 15) is 9.90 Å². The number of aromatic carboxylic acids is 1. The molecule has 0 atom stereocenters. The quantitative estimate of drug-likeness (QED) is 0.751. The van der Waals surface area contributed by atoms with Gasteiger partial charge in [0.15, 0.2) is 5.69 Å². The molecule has 3 rings (SSSR count). The number of hydrogen-bond donors (Lipinski definition) is 1. The summed E-state index contributed by atoms with van der Waals surface area (Å²) in [5.74, 6) is -0.609. The van der Waals surface area contributed by atoms with Crippen molar-refractivity contribution in [2.45, 2.75) is 0 Å². The fourth-order valence-electron chi connectivity index (χ4n) is 1.68. The van der Waals surface area contributed by atoms with Crippen LogP contribution in [-0.4, -0.2) is 25.4 Å². The van der Waals surface area contributed by atoms with Crippen molar-refractivity contribution in [3.63, 3.8) is 0 Å². The predicted octanol–water partition coefficient (Wildman–Crippen LogP) is 2.16. The van der Waals surface area contributed by atoms with Gasteiger partial charge < -0.3 is 5.11 Å². The standard InChI is InChI=1S/C11H7N3O2S/c15-10(16)9-8(7-3-1-6-17-7)13-11-12-4-2-5-14(9)11/h1-6H,(H,15,16). The van der Waals surface area contributed by atoms with Crippen LogP contribution >= 0.6 is 11.3 Å². The largest absolute Gasteiger partial charge is 0.476 e. The molecule has 3 aromatic rings. The van der Waals surface area contributed by atoms with Crippen LogP contribution in [0.2, 0.25) is 0 Å². The zero-order valence-electron chi connectivity index (χ0n) is 8.57. The smallest absolute Gasteiger partial charge is 0.355 e. The van der Waals surface area contributed by atoms with Crippen LogP contribution < -0.4 is 0 Å². The Bertz CT molecular complexity index is 688. The Morgan fingerprint density at radius 1 is 1.41 bits per heavy atom. The molecule has 1 N–H and O–H groups in total. The molecule has 3 aromatic heterocycles. The molecule has 6 heteroatoms. The zero-order valence-corrected chi connectivity index (χ0v) is 9.39. The van der Waals surface area contributed by atoms with Crippen molar-refractivity contribution in [2.75, 3.05) is 0 Å². The molecule has 0 aliphatic heterocycles. The van der Waals surface area contributed by atoms with Gasteiger partial charge in [0.2, 0.25) is 5.78 Å². The lowest BCUT2D eigenvalue weighted by Gasteiger charge is -1.96. The van der Waals surface area contributed by atoms with Gasteiger partial charge in [-0.15, -0.1) is 11.3 Å².